The molecule has 2 unspecified atom stereocenters. The zero-order valence-electron chi connectivity index (χ0n) is 29.6. The number of hydrogen-bond acceptors (Lipinski definition) is 3. The van der Waals surface area contributed by atoms with Gasteiger partial charge in [-0.25, -0.2) is 0 Å². The van der Waals surface area contributed by atoms with Crippen LogP contribution in [-0.2, 0) is 4.79 Å². The van der Waals surface area contributed by atoms with E-state index in [9.17, 15) is 15.0 Å². The summed E-state index contributed by atoms with van der Waals surface area (Å²) in [7, 11) is 0. The van der Waals surface area contributed by atoms with E-state index in [2.05, 4.69) is 67.8 Å². The summed E-state index contributed by atoms with van der Waals surface area (Å²) >= 11 is 0. The minimum atomic E-state index is -0.876. The van der Waals surface area contributed by atoms with E-state index in [0.29, 0.717) is 6.42 Å². The predicted molar refractivity (Wildman–Crippen MR) is 197 cm³/mol. The SMILES string of the molecule is CCCCCC/C=C\C/C=C\CCCCCCCC(=O)NC(CO)C(O)/C=C/CC/C=C/CC/C=C/CCCCCCCCC. The zero-order chi connectivity index (χ0) is 32.9. The van der Waals surface area contributed by atoms with E-state index in [-0.39, 0.29) is 12.5 Å². The first-order chi connectivity index (χ1) is 22.2. The molecule has 0 radical (unpaired) electrons. The molecule has 0 bridgehead atoms. The van der Waals surface area contributed by atoms with Crippen molar-refractivity contribution in [3.63, 3.8) is 0 Å². The first-order valence-corrected chi connectivity index (χ1v) is 19.0. The third-order valence-corrected chi connectivity index (χ3v) is 8.20. The van der Waals surface area contributed by atoms with Crippen molar-refractivity contribution in [3.05, 3.63) is 60.8 Å². The van der Waals surface area contributed by atoms with Crippen LogP contribution < -0.4 is 5.32 Å². The molecule has 0 aliphatic heterocycles. The van der Waals surface area contributed by atoms with Gasteiger partial charge in [0.25, 0.3) is 0 Å². The third kappa shape index (κ3) is 33.3. The van der Waals surface area contributed by atoms with Crippen LogP contribution in [0.3, 0.4) is 0 Å². The lowest BCUT2D eigenvalue weighted by Crippen LogP contribution is -2.45. The van der Waals surface area contributed by atoms with Gasteiger partial charge in [0, 0.05) is 6.42 Å². The van der Waals surface area contributed by atoms with Crippen molar-refractivity contribution in [3.8, 4) is 0 Å². The van der Waals surface area contributed by atoms with Crippen LogP contribution in [0.25, 0.3) is 0 Å². The maximum absolute atomic E-state index is 12.3. The lowest BCUT2D eigenvalue weighted by atomic mass is 10.1. The normalized spacial score (nSPS) is 13.8. The predicted octanol–water partition coefficient (Wildman–Crippen LogP) is 11.4. The second kappa shape index (κ2) is 36.6. The standard InChI is InChI=1S/C41H73NO3/c1-3-5-7-9-11-13-15-17-19-21-22-24-26-28-30-32-34-36-40(44)39(38-43)42-41(45)37-35-33-31-29-27-25-23-20-18-16-14-12-10-8-6-4-2/h14,16,19-21,23,26,28,34,36,39-40,43-44H,3-13,15,17-18,22,24-25,27,29-33,35,37-38H2,1-2H3,(H,42,45)/b16-14-,21-19+,23-20-,28-26+,36-34+. The Kier molecular flexibility index (Phi) is 35.0. The smallest absolute Gasteiger partial charge is 0.220 e. The van der Waals surface area contributed by atoms with E-state index < -0.39 is 12.1 Å². The molecule has 3 N–H and O–H groups in total. The lowest BCUT2D eigenvalue weighted by molar-refractivity contribution is -0.123. The highest BCUT2D eigenvalue weighted by atomic mass is 16.3. The molecule has 0 heterocycles. The van der Waals surface area contributed by atoms with Crippen molar-refractivity contribution < 1.29 is 15.0 Å². The van der Waals surface area contributed by atoms with Crippen molar-refractivity contribution in [2.75, 3.05) is 6.61 Å². The number of carbonyl (C=O) groups is 1. The van der Waals surface area contributed by atoms with Crippen LogP contribution in [-0.4, -0.2) is 34.9 Å². The number of hydrogen-bond donors (Lipinski definition) is 3. The fourth-order valence-corrected chi connectivity index (χ4v) is 5.24. The third-order valence-electron chi connectivity index (χ3n) is 8.20. The number of nitrogens with one attached hydrogen (secondary N) is 1. The first-order valence-electron chi connectivity index (χ1n) is 19.0. The number of amides is 1. The van der Waals surface area contributed by atoms with Gasteiger partial charge in [0.15, 0.2) is 0 Å². The fraction of sp³-hybridized carbons (Fsp3) is 0.732. The second-order valence-corrected chi connectivity index (χ2v) is 12.6. The van der Waals surface area contributed by atoms with Crippen LogP contribution in [0.5, 0.6) is 0 Å². The Balaban J connectivity index is 3.75. The van der Waals surface area contributed by atoms with Crippen LogP contribution >= 0.6 is 0 Å². The summed E-state index contributed by atoms with van der Waals surface area (Å²) in [6.45, 7) is 4.24. The average Bonchev–Trinajstić information content (AvgIpc) is 3.04. The first kappa shape index (κ1) is 43.1. The summed E-state index contributed by atoms with van der Waals surface area (Å²) in [5.74, 6) is -0.0951. The molecule has 1 amide bonds. The molecule has 0 spiro atoms. The number of unbranched alkanes of at least 4 members (excludes halogenated alkanes) is 18. The Morgan fingerprint density at radius 2 is 0.933 bits per heavy atom. The van der Waals surface area contributed by atoms with Gasteiger partial charge >= 0.3 is 0 Å². The van der Waals surface area contributed by atoms with Gasteiger partial charge < -0.3 is 15.5 Å². The summed E-state index contributed by atoms with van der Waals surface area (Å²) in [5, 5.41) is 22.9. The molecule has 4 nitrogen and oxygen atoms in total. The largest absolute Gasteiger partial charge is 0.394 e. The van der Waals surface area contributed by atoms with Crippen LogP contribution in [0, 0.1) is 0 Å². The van der Waals surface area contributed by atoms with E-state index in [1.54, 1.807) is 6.08 Å². The molecule has 0 rings (SSSR count). The van der Waals surface area contributed by atoms with E-state index in [1.807, 2.05) is 6.08 Å². The Labute approximate surface area is 279 Å². The molecule has 260 valence electrons. The van der Waals surface area contributed by atoms with E-state index in [1.165, 1.54) is 96.3 Å². The summed E-state index contributed by atoms with van der Waals surface area (Å²) in [6, 6.07) is -0.653. The fourth-order valence-electron chi connectivity index (χ4n) is 5.24. The van der Waals surface area contributed by atoms with Gasteiger partial charge in [-0.1, -0.05) is 152 Å². The average molecular weight is 628 g/mol. The Morgan fingerprint density at radius 1 is 0.533 bits per heavy atom. The van der Waals surface area contributed by atoms with Gasteiger partial charge in [-0.2, -0.15) is 0 Å². The maximum Gasteiger partial charge on any atom is 0.220 e. The quantitative estimate of drug-likeness (QED) is 0.0501. The molecule has 0 fully saturated rings. The monoisotopic (exact) mass is 628 g/mol. The van der Waals surface area contributed by atoms with Crippen molar-refractivity contribution in [2.45, 2.75) is 187 Å². The van der Waals surface area contributed by atoms with Crippen LogP contribution in [0.1, 0.15) is 174 Å². The van der Waals surface area contributed by atoms with Crippen LogP contribution in [0.2, 0.25) is 0 Å². The highest BCUT2D eigenvalue weighted by Gasteiger charge is 2.17. The Bertz CT molecular complexity index is 767. The molecular weight excluding hydrogens is 554 g/mol. The molecule has 0 aromatic heterocycles. The van der Waals surface area contributed by atoms with Gasteiger partial charge in [-0.05, 0) is 77.0 Å². The lowest BCUT2D eigenvalue weighted by Gasteiger charge is -2.19. The zero-order valence-corrected chi connectivity index (χ0v) is 29.6. The summed E-state index contributed by atoms with van der Waals surface area (Å²) < 4.78 is 0. The van der Waals surface area contributed by atoms with E-state index >= 15 is 0 Å². The van der Waals surface area contributed by atoms with Gasteiger partial charge in [-0.3, -0.25) is 4.79 Å². The number of carbonyl (C=O) groups excluding carboxylic acids is 1. The van der Waals surface area contributed by atoms with Gasteiger partial charge in [-0.15, -0.1) is 0 Å². The van der Waals surface area contributed by atoms with Gasteiger partial charge in [0.2, 0.25) is 5.91 Å². The number of aliphatic hydroxyl groups is 2. The Morgan fingerprint density at radius 3 is 1.44 bits per heavy atom. The molecule has 0 aliphatic carbocycles. The molecule has 0 saturated carbocycles. The summed E-state index contributed by atoms with van der Waals surface area (Å²) in [5.41, 5.74) is 0. The number of aliphatic hydroxyl groups excluding tert-OH is 2. The molecule has 0 aromatic carbocycles. The van der Waals surface area contributed by atoms with Crippen molar-refractivity contribution in [2.24, 2.45) is 0 Å². The summed E-state index contributed by atoms with van der Waals surface area (Å²) in [6.07, 6.45) is 50.2. The highest BCUT2D eigenvalue weighted by molar-refractivity contribution is 5.76. The molecule has 2 atom stereocenters. The topological polar surface area (TPSA) is 69.6 Å². The van der Waals surface area contributed by atoms with Gasteiger partial charge in [0.05, 0.1) is 18.8 Å². The summed E-state index contributed by atoms with van der Waals surface area (Å²) in [4.78, 5) is 12.3. The van der Waals surface area contributed by atoms with Crippen LogP contribution in [0.4, 0.5) is 0 Å². The van der Waals surface area contributed by atoms with Gasteiger partial charge in [0.1, 0.15) is 0 Å². The van der Waals surface area contributed by atoms with Crippen LogP contribution in [0.15, 0.2) is 60.8 Å². The maximum atomic E-state index is 12.3. The molecule has 0 aliphatic rings. The molecule has 0 aromatic rings. The Hall–Kier alpha value is -1.91. The number of allylic oxidation sites excluding steroid dienone is 9. The van der Waals surface area contributed by atoms with E-state index in [0.717, 1.165) is 57.8 Å². The van der Waals surface area contributed by atoms with Crippen molar-refractivity contribution in [1.29, 1.82) is 0 Å². The second-order valence-electron chi connectivity index (χ2n) is 12.6. The number of rotatable bonds is 33. The molecule has 0 saturated heterocycles. The molecule has 4 heteroatoms. The van der Waals surface area contributed by atoms with E-state index in [4.69, 9.17) is 0 Å². The highest BCUT2D eigenvalue weighted by Crippen LogP contribution is 2.10. The minimum Gasteiger partial charge on any atom is -0.394 e. The van der Waals surface area contributed by atoms with Crippen molar-refractivity contribution >= 4 is 5.91 Å². The molecule has 45 heavy (non-hydrogen) atoms. The molecular formula is C41H73NO3. The van der Waals surface area contributed by atoms with Crippen molar-refractivity contribution in [1.82, 2.24) is 5.32 Å². The minimum absolute atomic E-state index is 0.0951.